The van der Waals surface area contributed by atoms with Gasteiger partial charge in [-0.25, -0.2) is 4.98 Å². The number of aryl methyl sites for hydroxylation is 1. The van der Waals surface area contributed by atoms with Gasteiger partial charge in [-0.15, -0.1) is 0 Å². The fourth-order valence-corrected chi connectivity index (χ4v) is 1.34. The zero-order chi connectivity index (χ0) is 8.65. The summed E-state index contributed by atoms with van der Waals surface area (Å²) < 4.78 is 0. The molecule has 0 radical (unpaired) electrons. The first-order valence-electron chi connectivity index (χ1n) is 4.90. The summed E-state index contributed by atoms with van der Waals surface area (Å²) in [6, 6.07) is 0. The highest BCUT2D eigenvalue weighted by atomic mass is 14.9. The number of rotatable bonds is 6. The molecule has 0 amide bonds. The molecule has 1 heterocycles. The van der Waals surface area contributed by atoms with Crippen LogP contribution >= 0.6 is 0 Å². The Morgan fingerprint density at radius 2 is 2.08 bits per heavy atom. The smallest absolute Gasteiger partial charge is 0.0921 e. The van der Waals surface area contributed by atoms with Crippen LogP contribution in [0.15, 0.2) is 12.5 Å². The number of nitrogens with zero attached hydrogens (tertiary/aromatic N) is 1. The van der Waals surface area contributed by atoms with Crippen molar-refractivity contribution in [3.8, 4) is 0 Å². The van der Waals surface area contributed by atoms with Gasteiger partial charge in [0.25, 0.3) is 0 Å². The molecule has 1 rings (SSSR count). The third-order valence-corrected chi connectivity index (χ3v) is 2.10. The first-order chi connectivity index (χ1) is 5.93. The summed E-state index contributed by atoms with van der Waals surface area (Å²) in [4.78, 5) is 7.10. The van der Waals surface area contributed by atoms with Gasteiger partial charge in [-0.1, -0.05) is 32.6 Å². The molecule has 0 aliphatic heterocycles. The molecule has 2 heteroatoms. The molecule has 0 unspecified atom stereocenters. The van der Waals surface area contributed by atoms with Crippen LogP contribution in [0, 0.1) is 0 Å². The molecule has 1 aromatic rings. The van der Waals surface area contributed by atoms with Gasteiger partial charge in [-0.05, 0) is 12.8 Å². The Hall–Kier alpha value is -0.790. The highest BCUT2D eigenvalue weighted by molar-refractivity contribution is 4.93. The van der Waals surface area contributed by atoms with Crippen LogP contribution in [0.1, 0.15) is 44.7 Å². The molecular formula is C10H18N2. The molecular weight excluding hydrogens is 148 g/mol. The quantitative estimate of drug-likeness (QED) is 0.647. The zero-order valence-electron chi connectivity index (χ0n) is 7.84. The summed E-state index contributed by atoms with van der Waals surface area (Å²) in [5, 5.41) is 0. The summed E-state index contributed by atoms with van der Waals surface area (Å²) >= 11 is 0. The maximum absolute atomic E-state index is 3.98. The SMILES string of the molecule is CCCCCCCc1cnc[nH]1. The van der Waals surface area contributed by atoms with E-state index in [0.717, 1.165) is 6.42 Å². The summed E-state index contributed by atoms with van der Waals surface area (Å²) in [6.45, 7) is 2.24. The Balaban J connectivity index is 1.96. The lowest BCUT2D eigenvalue weighted by Gasteiger charge is -1.97. The fraction of sp³-hybridized carbons (Fsp3) is 0.700. The van der Waals surface area contributed by atoms with Crippen LogP contribution < -0.4 is 0 Å². The standard InChI is InChI=1S/C10H18N2/c1-2-3-4-5-6-7-10-8-11-9-12-10/h8-9H,2-7H2,1H3,(H,11,12). The lowest BCUT2D eigenvalue weighted by atomic mass is 10.1. The Kier molecular flexibility index (Phi) is 4.50. The number of aromatic nitrogens is 2. The first-order valence-corrected chi connectivity index (χ1v) is 4.90. The molecule has 1 aromatic heterocycles. The second-order valence-electron chi connectivity index (χ2n) is 3.24. The minimum atomic E-state index is 1.16. The Morgan fingerprint density at radius 1 is 1.25 bits per heavy atom. The van der Waals surface area contributed by atoms with E-state index in [1.54, 1.807) is 6.33 Å². The zero-order valence-corrected chi connectivity index (χ0v) is 7.84. The van der Waals surface area contributed by atoms with E-state index < -0.39 is 0 Å². The lowest BCUT2D eigenvalue weighted by molar-refractivity contribution is 0.629. The Bertz CT molecular complexity index is 180. The molecule has 1 N–H and O–H groups in total. The van der Waals surface area contributed by atoms with Gasteiger partial charge in [0, 0.05) is 11.9 Å². The van der Waals surface area contributed by atoms with E-state index >= 15 is 0 Å². The summed E-state index contributed by atoms with van der Waals surface area (Å²) in [5.41, 5.74) is 1.27. The number of H-pyrrole nitrogens is 1. The van der Waals surface area contributed by atoms with Crippen LogP contribution in [0.2, 0.25) is 0 Å². The third kappa shape index (κ3) is 3.56. The summed E-state index contributed by atoms with van der Waals surface area (Å²) in [5.74, 6) is 0. The monoisotopic (exact) mass is 166 g/mol. The number of hydrogen-bond donors (Lipinski definition) is 1. The van der Waals surface area contributed by atoms with Crippen molar-refractivity contribution < 1.29 is 0 Å². The largest absolute Gasteiger partial charge is 0.348 e. The van der Waals surface area contributed by atoms with Crippen LogP contribution in [-0.4, -0.2) is 9.97 Å². The molecule has 0 spiro atoms. The number of unbranched alkanes of at least 4 members (excludes halogenated alkanes) is 4. The molecule has 68 valence electrons. The fourth-order valence-electron chi connectivity index (χ4n) is 1.34. The predicted octanol–water partition coefficient (Wildman–Crippen LogP) is 2.92. The molecule has 0 saturated heterocycles. The van der Waals surface area contributed by atoms with Crippen LogP contribution in [-0.2, 0) is 6.42 Å². The molecule has 0 fully saturated rings. The maximum atomic E-state index is 3.98. The molecule has 0 atom stereocenters. The average molecular weight is 166 g/mol. The van der Waals surface area contributed by atoms with Crippen molar-refractivity contribution in [3.63, 3.8) is 0 Å². The number of nitrogens with one attached hydrogen (secondary N) is 1. The van der Waals surface area contributed by atoms with E-state index in [9.17, 15) is 0 Å². The average Bonchev–Trinajstić information content (AvgIpc) is 2.57. The van der Waals surface area contributed by atoms with Gasteiger partial charge in [-0.2, -0.15) is 0 Å². The van der Waals surface area contributed by atoms with E-state index in [-0.39, 0.29) is 0 Å². The molecule has 0 aromatic carbocycles. The van der Waals surface area contributed by atoms with E-state index in [1.165, 1.54) is 37.8 Å². The predicted molar refractivity (Wildman–Crippen MR) is 51.1 cm³/mol. The van der Waals surface area contributed by atoms with Crippen molar-refractivity contribution in [2.24, 2.45) is 0 Å². The van der Waals surface area contributed by atoms with Gasteiger partial charge in [0.2, 0.25) is 0 Å². The van der Waals surface area contributed by atoms with Crippen LogP contribution in [0.5, 0.6) is 0 Å². The topological polar surface area (TPSA) is 28.7 Å². The second kappa shape index (κ2) is 5.81. The molecule has 0 bridgehead atoms. The third-order valence-electron chi connectivity index (χ3n) is 2.10. The highest BCUT2D eigenvalue weighted by Crippen LogP contribution is 2.05. The number of aromatic amines is 1. The van der Waals surface area contributed by atoms with E-state index in [2.05, 4.69) is 16.9 Å². The number of hydrogen-bond acceptors (Lipinski definition) is 1. The van der Waals surface area contributed by atoms with Gasteiger partial charge < -0.3 is 4.98 Å². The van der Waals surface area contributed by atoms with Gasteiger partial charge in [-0.3, -0.25) is 0 Å². The van der Waals surface area contributed by atoms with Crippen LogP contribution in [0.4, 0.5) is 0 Å². The molecule has 0 aliphatic rings. The van der Waals surface area contributed by atoms with E-state index in [4.69, 9.17) is 0 Å². The van der Waals surface area contributed by atoms with Crippen molar-refractivity contribution in [3.05, 3.63) is 18.2 Å². The Morgan fingerprint density at radius 3 is 2.75 bits per heavy atom. The van der Waals surface area contributed by atoms with E-state index in [0.29, 0.717) is 0 Å². The van der Waals surface area contributed by atoms with E-state index in [1.807, 2.05) is 6.20 Å². The second-order valence-corrected chi connectivity index (χ2v) is 3.24. The Labute approximate surface area is 74.4 Å². The maximum Gasteiger partial charge on any atom is 0.0921 e. The van der Waals surface area contributed by atoms with Crippen molar-refractivity contribution in [2.75, 3.05) is 0 Å². The molecule has 12 heavy (non-hydrogen) atoms. The number of imidazole rings is 1. The summed E-state index contributed by atoms with van der Waals surface area (Å²) in [6.07, 6.45) is 11.6. The first kappa shape index (κ1) is 9.30. The van der Waals surface area contributed by atoms with Gasteiger partial charge >= 0.3 is 0 Å². The van der Waals surface area contributed by atoms with Crippen molar-refractivity contribution in [1.29, 1.82) is 0 Å². The lowest BCUT2D eigenvalue weighted by Crippen LogP contribution is -1.85. The van der Waals surface area contributed by atoms with Crippen molar-refractivity contribution >= 4 is 0 Å². The summed E-state index contributed by atoms with van der Waals surface area (Å²) in [7, 11) is 0. The van der Waals surface area contributed by atoms with Crippen molar-refractivity contribution in [1.82, 2.24) is 9.97 Å². The van der Waals surface area contributed by atoms with Crippen LogP contribution in [0.25, 0.3) is 0 Å². The minimum absolute atomic E-state index is 1.16. The molecule has 2 nitrogen and oxygen atoms in total. The minimum Gasteiger partial charge on any atom is -0.348 e. The highest BCUT2D eigenvalue weighted by Gasteiger charge is 1.93. The van der Waals surface area contributed by atoms with Gasteiger partial charge in [0.05, 0.1) is 6.33 Å². The van der Waals surface area contributed by atoms with Gasteiger partial charge in [0.1, 0.15) is 0 Å². The molecule has 0 aliphatic carbocycles. The van der Waals surface area contributed by atoms with Gasteiger partial charge in [0.15, 0.2) is 0 Å². The van der Waals surface area contributed by atoms with Crippen molar-refractivity contribution in [2.45, 2.75) is 45.4 Å². The van der Waals surface area contributed by atoms with Crippen LogP contribution in [0.3, 0.4) is 0 Å². The normalized spacial score (nSPS) is 10.4. The molecule has 0 saturated carbocycles.